The molecule has 154 valence electrons. The van der Waals surface area contributed by atoms with Gasteiger partial charge in [0.25, 0.3) is 5.91 Å². The third-order valence-electron chi connectivity index (χ3n) is 4.50. The van der Waals surface area contributed by atoms with E-state index in [2.05, 4.69) is 10.6 Å². The van der Waals surface area contributed by atoms with Crippen LogP contribution in [0.1, 0.15) is 73.6 Å². The molecule has 1 aliphatic carbocycles. The zero-order valence-corrected chi connectivity index (χ0v) is 17.0. The van der Waals surface area contributed by atoms with Crippen molar-refractivity contribution in [2.75, 3.05) is 7.05 Å². The molecule has 0 spiro atoms. The van der Waals surface area contributed by atoms with Crippen LogP contribution < -0.4 is 10.6 Å². The summed E-state index contributed by atoms with van der Waals surface area (Å²) in [6.45, 7) is 5.41. The summed E-state index contributed by atoms with van der Waals surface area (Å²) in [6, 6.07) is 6.10. The predicted molar refractivity (Wildman–Crippen MR) is 105 cm³/mol. The average molecular weight is 390 g/mol. The molecule has 0 bridgehead atoms. The molecule has 2 atom stereocenters. The van der Waals surface area contributed by atoms with Gasteiger partial charge in [0.15, 0.2) is 0 Å². The number of hydrogen-bond acceptors (Lipinski definition) is 5. The molecule has 0 aliphatic heterocycles. The molecule has 2 N–H and O–H groups in total. The summed E-state index contributed by atoms with van der Waals surface area (Å²) in [7, 11) is 1.53. The summed E-state index contributed by atoms with van der Waals surface area (Å²) in [6.07, 6.45) is 3.32. The zero-order valence-electron chi connectivity index (χ0n) is 17.0. The third-order valence-corrected chi connectivity index (χ3v) is 4.50. The summed E-state index contributed by atoms with van der Waals surface area (Å²) in [5, 5.41) is 5.39. The second kappa shape index (κ2) is 9.57. The first kappa shape index (κ1) is 21.7. The highest BCUT2D eigenvalue weighted by Gasteiger charge is 2.30. The molecule has 1 aromatic carbocycles. The lowest BCUT2D eigenvalue weighted by atomic mass is 10.1. The SMILES string of the molecule is CNC(=O)c1cccc(C(=O)OC2CCCCCC2NC(=O)OC(C)(C)C)c1. The van der Waals surface area contributed by atoms with Crippen molar-refractivity contribution in [1.29, 1.82) is 0 Å². The van der Waals surface area contributed by atoms with Gasteiger partial charge in [-0.05, 0) is 58.2 Å². The van der Waals surface area contributed by atoms with E-state index in [1.165, 1.54) is 13.1 Å². The Morgan fingerprint density at radius 2 is 1.71 bits per heavy atom. The van der Waals surface area contributed by atoms with Gasteiger partial charge in [0, 0.05) is 12.6 Å². The summed E-state index contributed by atoms with van der Waals surface area (Å²) >= 11 is 0. The van der Waals surface area contributed by atoms with E-state index in [-0.39, 0.29) is 11.9 Å². The highest BCUT2D eigenvalue weighted by atomic mass is 16.6. The van der Waals surface area contributed by atoms with Crippen LogP contribution in [0.25, 0.3) is 0 Å². The van der Waals surface area contributed by atoms with Crippen molar-refractivity contribution in [2.45, 2.75) is 70.6 Å². The number of amides is 2. The molecule has 0 heterocycles. The maximum Gasteiger partial charge on any atom is 0.408 e. The number of nitrogens with one attached hydrogen (secondary N) is 2. The number of hydrogen-bond donors (Lipinski definition) is 2. The Morgan fingerprint density at radius 3 is 2.39 bits per heavy atom. The normalized spacial score (nSPS) is 19.9. The maximum atomic E-state index is 12.7. The minimum atomic E-state index is -0.596. The van der Waals surface area contributed by atoms with Crippen LogP contribution >= 0.6 is 0 Å². The number of alkyl carbamates (subject to hydrolysis) is 1. The van der Waals surface area contributed by atoms with Crippen molar-refractivity contribution < 1.29 is 23.9 Å². The lowest BCUT2D eigenvalue weighted by Crippen LogP contribution is -2.46. The van der Waals surface area contributed by atoms with Gasteiger partial charge in [0.2, 0.25) is 0 Å². The molecule has 28 heavy (non-hydrogen) atoms. The van der Waals surface area contributed by atoms with E-state index >= 15 is 0 Å². The molecule has 1 fully saturated rings. The lowest BCUT2D eigenvalue weighted by Gasteiger charge is -2.28. The summed E-state index contributed by atoms with van der Waals surface area (Å²) < 4.78 is 11.1. The second-order valence-electron chi connectivity index (χ2n) is 7.99. The number of esters is 1. The van der Waals surface area contributed by atoms with E-state index in [0.717, 1.165) is 25.7 Å². The highest BCUT2D eigenvalue weighted by molar-refractivity contribution is 5.97. The first-order valence-corrected chi connectivity index (χ1v) is 9.72. The van der Waals surface area contributed by atoms with Crippen LogP contribution in [0.3, 0.4) is 0 Å². The summed E-state index contributed by atoms with van der Waals surface area (Å²) in [5.74, 6) is -0.776. The van der Waals surface area contributed by atoms with E-state index < -0.39 is 23.8 Å². The highest BCUT2D eigenvalue weighted by Crippen LogP contribution is 2.23. The molecule has 7 heteroatoms. The number of carbonyl (C=O) groups is 3. The number of benzene rings is 1. The van der Waals surface area contributed by atoms with E-state index in [1.807, 2.05) is 0 Å². The van der Waals surface area contributed by atoms with Gasteiger partial charge in [-0.25, -0.2) is 9.59 Å². The molecular weight excluding hydrogens is 360 g/mol. The van der Waals surface area contributed by atoms with Gasteiger partial charge >= 0.3 is 12.1 Å². The Labute approximate surface area is 166 Å². The standard InChI is InChI=1S/C21H30N2O5/c1-21(2,3)28-20(26)23-16-11-6-5-7-12-17(16)27-19(25)15-10-8-9-14(13-15)18(24)22-4/h8-10,13,16-17H,5-7,11-12H2,1-4H3,(H,22,24)(H,23,26). The molecule has 0 saturated heterocycles. The first-order chi connectivity index (χ1) is 13.2. The minimum Gasteiger partial charge on any atom is -0.457 e. The van der Waals surface area contributed by atoms with E-state index in [9.17, 15) is 14.4 Å². The third kappa shape index (κ3) is 6.55. The van der Waals surface area contributed by atoms with Gasteiger partial charge in [-0.1, -0.05) is 18.9 Å². The van der Waals surface area contributed by atoms with E-state index in [4.69, 9.17) is 9.47 Å². The molecule has 2 amide bonds. The Hall–Kier alpha value is -2.57. The fraction of sp³-hybridized carbons (Fsp3) is 0.571. The van der Waals surface area contributed by atoms with Crippen molar-refractivity contribution >= 4 is 18.0 Å². The van der Waals surface area contributed by atoms with Crippen LogP contribution in [0, 0.1) is 0 Å². The zero-order chi connectivity index (χ0) is 20.7. The van der Waals surface area contributed by atoms with E-state index in [0.29, 0.717) is 17.5 Å². The van der Waals surface area contributed by atoms with Crippen LogP contribution in [-0.2, 0) is 9.47 Å². The Balaban J connectivity index is 2.08. The van der Waals surface area contributed by atoms with Gasteiger partial charge in [-0.2, -0.15) is 0 Å². The van der Waals surface area contributed by atoms with Gasteiger partial charge in [-0.3, -0.25) is 4.79 Å². The predicted octanol–water partition coefficient (Wildman–Crippen LogP) is 3.43. The molecule has 1 aliphatic rings. The average Bonchev–Trinajstić information content (AvgIpc) is 2.84. The molecule has 1 aromatic rings. The molecule has 0 aromatic heterocycles. The summed E-state index contributed by atoms with van der Waals surface area (Å²) in [4.78, 5) is 36.6. The maximum absolute atomic E-state index is 12.7. The molecular formula is C21H30N2O5. The van der Waals surface area contributed by atoms with Crippen molar-refractivity contribution in [1.82, 2.24) is 10.6 Å². The van der Waals surface area contributed by atoms with Crippen LogP contribution in [0.5, 0.6) is 0 Å². The van der Waals surface area contributed by atoms with Crippen LogP contribution in [0.15, 0.2) is 24.3 Å². The molecule has 0 radical (unpaired) electrons. The second-order valence-corrected chi connectivity index (χ2v) is 7.99. The molecule has 2 unspecified atom stereocenters. The Bertz CT molecular complexity index is 711. The fourth-order valence-electron chi connectivity index (χ4n) is 3.18. The van der Waals surface area contributed by atoms with E-state index in [1.54, 1.807) is 39.0 Å². The summed E-state index contributed by atoms with van der Waals surface area (Å²) in [5.41, 5.74) is 0.101. The smallest absolute Gasteiger partial charge is 0.408 e. The van der Waals surface area contributed by atoms with Gasteiger partial charge in [-0.15, -0.1) is 0 Å². The monoisotopic (exact) mass is 390 g/mol. The van der Waals surface area contributed by atoms with Crippen LogP contribution in [0.2, 0.25) is 0 Å². The van der Waals surface area contributed by atoms with Crippen molar-refractivity contribution in [3.63, 3.8) is 0 Å². The number of ether oxygens (including phenoxy) is 2. The van der Waals surface area contributed by atoms with Crippen molar-refractivity contribution in [3.05, 3.63) is 35.4 Å². The van der Waals surface area contributed by atoms with Gasteiger partial charge in [0.05, 0.1) is 11.6 Å². The fourth-order valence-corrected chi connectivity index (χ4v) is 3.18. The molecule has 1 saturated carbocycles. The van der Waals surface area contributed by atoms with Crippen LogP contribution in [-0.4, -0.2) is 42.8 Å². The number of carbonyl (C=O) groups excluding carboxylic acids is 3. The van der Waals surface area contributed by atoms with Gasteiger partial charge in [0.1, 0.15) is 11.7 Å². The molecule has 7 nitrogen and oxygen atoms in total. The van der Waals surface area contributed by atoms with Crippen molar-refractivity contribution in [3.8, 4) is 0 Å². The van der Waals surface area contributed by atoms with Crippen LogP contribution in [0.4, 0.5) is 4.79 Å². The molecule has 2 rings (SSSR count). The number of rotatable bonds is 4. The first-order valence-electron chi connectivity index (χ1n) is 9.72. The quantitative estimate of drug-likeness (QED) is 0.607. The van der Waals surface area contributed by atoms with Gasteiger partial charge < -0.3 is 20.1 Å². The topological polar surface area (TPSA) is 93.7 Å². The van der Waals surface area contributed by atoms with Crippen molar-refractivity contribution in [2.24, 2.45) is 0 Å². The lowest BCUT2D eigenvalue weighted by molar-refractivity contribution is 0.0122. The largest absolute Gasteiger partial charge is 0.457 e. The Morgan fingerprint density at radius 1 is 1.04 bits per heavy atom. The minimum absolute atomic E-state index is 0.270. The Kier molecular flexibility index (Phi) is 7.43.